The monoisotopic (exact) mass is 191 g/mol. The van der Waals surface area contributed by atoms with Crippen LogP contribution in [0.5, 0.6) is 5.88 Å². The summed E-state index contributed by atoms with van der Waals surface area (Å²) in [5, 5.41) is 9.32. The van der Waals surface area contributed by atoms with Crippen molar-refractivity contribution in [2.75, 3.05) is 5.73 Å². The molecule has 0 aliphatic rings. The average molecular weight is 191 g/mol. The van der Waals surface area contributed by atoms with Crippen LogP contribution in [0, 0.1) is 6.92 Å². The fraction of sp³-hybridized carbons (Fsp3) is 0.111. The maximum Gasteiger partial charge on any atom is 0.266 e. The van der Waals surface area contributed by atoms with Gasteiger partial charge in [0.1, 0.15) is 11.5 Å². The molecule has 0 fully saturated rings. The lowest BCUT2D eigenvalue weighted by Crippen LogP contribution is -2.19. The summed E-state index contributed by atoms with van der Waals surface area (Å²) in [5.41, 5.74) is 5.82. The van der Waals surface area contributed by atoms with Crippen LogP contribution in [0.25, 0.3) is 5.65 Å². The smallest absolute Gasteiger partial charge is 0.266 e. The van der Waals surface area contributed by atoms with E-state index in [-0.39, 0.29) is 17.0 Å². The van der Waals surface area contributed by atoms with Gasteiger partial charge in [0.25, 0.3) is 5.56 Å². The van der Waals surface area contributed by atoms with Crippen molar-refractivity contribution in [1.82, 2.24) is 9.38 Å². The second-order valence-electron chi connectivity index (χ2n) is 3.01. The Morgan fingerprint density at radius 3 is 2.93 bits per heavy atom. The highest BCUT2D eigenvalue weighted by atomic mass is 16.3. The number of rotatable bonds is 0. The first kappa shape index (κ1) is 8.55. The van der Waals surface area contributed by atoms with Crippen LogP contribution in [0.4, 0.5) is 5.82 Å². The number of nitrogens with zero attached hydrogens (tertiary/aromatic N) is 2. The van der Waals surface area contributed by atoms with Crippen LogP contribution in [0.15, 0.2) is 23.0 Å². The van der Waals surface area contributed by atoms with Crippen molar-refractivity contribution in [3.05, 3.63) is 34.1 Å². The fourth-order valence-electron chi connectivity index (χ4n) is 1.28. The summed E-state index contributed by atoms with van der Waals surface area (Å²) in [6.45, 7) is 1.50. The van der Waals surface area contributed by atoms with E-state index in [0.29, 0.717) is 11.5 Å². The molecule has 0 saturated heterocycles. The lowest BCUT2D eigenvalue weighted by atomic mass is 10.3. The van der Waals surface area contributed by atoms with E-state index in [2.05, 4.69) is 4.98 Å². The number of pyridine rings is 1. The van der Waals surface area contributed by atoms with E-state index in [1.807, 2.05) is 0 Å². The Bertz CT molecular complexity index is 560. The number of nitrogen functional groups attached to an aromatic ring is 1. The van der Waals surface area contributed by atoms with E-state index >= 15 is 0 Å². The summed E-state index contributed by atoms with van der Waals surface area (Å²) < 4.78 is 1.26. The molecule has 0 aliphatic heterocycles. The molecule has 0 unspecified atom stereocenters. The van der Waals surface area contributed by atoms with Crippen molar-refractivity contribution in [1.29, 1.82) is 0 Å². The van der Waals surface area contributed by atoms with E-state index in [1.54, 1.807) is 18.2 Å². The van der Waals surface area contributed by atoms with Crippen molar-refractivity contribution in [2.24, 2.45) is 0 Å². The molecule has 0 radical (unpaired) electrons. The van der Waals surface area contributed by atoms with E-state index in [0.717, 1.165) is 0 Å². The maximum absolute atomic E-state index is 11.7. The Kier molecular flexibility index (Phi) is 1.67. The third-order valence-electron chi connectivity index (χ3n) is 2.08. The number of anilines is 1. The predicted molar refractivity (Wildman–Crippen MR) is 52.3 cm³/mol. The van der Waals surface area contributed by atoms with Gasteiger partial charge in [0.05, 0.1) is 5.56 Å². The first-order chi connectivity index (χ1) is 6.61. The van der Waals surface area contributed by atoms with Crippen LogP contribution in [0.2, 0.25) is 0 Å². The van der Waals surface area contributed by atoms with E-state index in [4.69, 9.17) is 5.73 Å². The second kappa shape index (κ2) is 2.73. The highest BCUT2D eigenvalue weighted by Crippen LogP contribution is 2.11. The Labute approximate surface area is 79.4 Å². The summed E-state index contributed by atoms with van der Waals surface area (Å²) in [5.74, 6) is 0.0590. The van der Waals surface area contributed by atoms with E-state index in [1.165, 1.54) is 11.3 Å². The first-order valence-electron chi connectivity index (χ1n) is 4.08. The molecule has 2 aromatic heterocycles. The van der Waals surface area contributed by atoms with Crippen LogP contribution in [0.1, 0.15) is 5.56 Å². The Hall–Kier alpha value is -2.04. The topological polar surface area (TPSA) is 80.6 Å². The van der Waals surface area contributed by atoms with Gasteiger partial charge in [-0.25, -0.2) is 4.40 Å². The van der Waals surface area contributed by atoms with Gasteiger partial charge >= 0.3 is 0 Å². The minimum absolute atomic E-state index is 0.195. The zero-order valence-corrected chi connectivity index (χ0v) is 7.56. The number of nitrogens with two attached hydrogens (primary N) is 1. The summed E-state index contributed by atoms with van der Waals surface area (Å²) >= 11 is 0. The van der Waals surface area contributed by atoms with Gasteiger partial charge in [-0.1, -0.05) is 6.07 Å². The number of aromatic nitrogens is 2. The largest absolute Gasteiger partial charge is 0.493 e. The minimum Gasteiger partial charge on any atom is -0.493 e. The van der Waals surface area contributed by atoms with E-state index in [9.17, 15) is 9.90 Å². The predicted octanol–water partition coefficient (Wildman–Crippen LogP) is 0.291. The van der Waals surface area contributed by atoms with Gasteiger partial charge in [-0.15, -0.1) is 0 Å². The van der Waals surface area contributed by atoms with Crippen molar-refractivity contribution in [2.45, 2.75) is 6.92 Å². The molecular formula is C9H9N3O2. The van der Waals surface area contributed by atoms with Crippen molar-refractivity contribution in [3.8, 4) is 5.88 Å². The normalized spacial score (nSPS) is 10.6. The summed E-state index contributed by atoms with van der Waals surface area (Å²) in [6.07, 6.45) is 0. The summed E-state index contributed by atoms with van der Waals surface area (Å²) in [6, 6.07) is 4.88. The standard InChI is InChI=1S/C9H9N3O2/c1-5-8(13)11-7-4-2-3-6(10)12(7)9(5)14/h2-4,13H,10H2,1H3. The SMILES string of the molecule is Cc1c(O)nc2cccc(N)n2c1=O. The molecule has 0 amide bonds. The highest BCUT2D eigenvalue weighted by Gasteiger charge is 2.08. The lowest BCUT2D eigenvalue weighted by Gasteiger charge is -2.05. The van der Waals surface area contributed by atoms with Crippen LogP contribution in [-0.2, 0) is 0 Å². The van der Waals surface area contributed by atoms with Crippen LogP contribution in [0.3, 0.4) is 0 Å². The van der Waals surface area contributed by atoms with E-state index < -0.39 is 0 Å². The molecule has 5 nitrogen and oxygen atoms in total. The average Bonchev–Trinajstić information content (AvgIpc) is 2.14. The summed E-state index contributed by atoms with van der Waals surface area (Å²) in [4.78, 5) is 15.5. The van der Waals surface area contributed by atoms with Crippen molar-refractivity contribution in [3.63, 3.8) is 0 Å². The minimum atomic E-state index is -0.342. The lowest BCUT2D eigenvalue weighted by molar-refractivity contribution is 0.448. The third-order valence-corrected chi connectivity index (χ3v) is 2.08. The van der Waals surface area contributed by atoms with Gasteiger partial charge in [0.2, 0.25) is 5.88 Å². The number of fused-ring (bicyclic) bond motifs is 1. The number of hydrogen-bond donors (Lipinski definition) is 2. The van der Waals surface area contributed by atoms with Gasteiger partial charge in [0.15, 0.2) is 0 Å². The molecule has 0 atom stereocenters. The van der Waals surface area contributed by atoms with Gasteiger partial charge in [-0.3, -0.25) is 4.79 Å². The number of hydrogen-bond acceptors (Lipinski definition) is 4. The second-order valence-corrected chi connectivity index (χ2v) is 3.01. The maximum atomic E-state index is 11.7. The van der Waals surface area contributed by atoms with Crippen LogP contribution < -0.4 is 11.3 Å². The molecule has 0 saturated carbocycles. The molecule has 14 heavy (non-hydrogen) atoms. The molecule has 2 heterocycles. The van der Waals surface area contributed by atoms with Crippen molar-refractivity contribution >= 4 is 11.5 Å². The molecule has 0 bridgehead atoms. The molecule has 0 aromatic carbocycles. The molecule has 5 heteroatoms. The zero-order valence-electron chi connectivity index (χ0n) is 7.56. The van der Waals surface area contributed by atoms with Gasteiger partial charge in [-0.2, -0.15) is 4.98 Å². The molecular weight excluding hydrogens is 182 g/mol. The molecule has 3 N–H and O–H groups in total. The molecule has 0 spiro atoms. The number of aromatic hydroxyl groups is 1. The summed E-state index contributed by atoms with van der Waals surface area (Å²) in [7, 11) is 0. The van der Waals surface area contributed by atoms with Crippen LogP contribution >= 0.6 is 0 Å². The molecule has 0 aliphatic carbocycles. The highest BCUT2D eigenvalue weighted by molar-refractivity contribution is 5.49. The van der Waals surface area contributed by atoms with Crippen LogP contribution in [-0.4, -0.2) is 14.5 Å². The third kappa shape index (κ3) is 1.02. The Balaban J connectivity index is 3.07. The Morgan fingerprint density at radius 2 is 2.21 bits per heavy atom. The van der Waals surface area contributed by atoms with Gasteiger partial charge < -0.3 is 10.8 Å². The van der Waals surface area contributed by atoms with Gasteiger partial charge in [0, 0.05) is 0 Å². The Morgan fingerprint density at radius 1 is 1.50 bits per heavy atom. The fourth-order valence-corrected chi connectivity index (χ4v) is 1.28. The van der Waals surface area contributed by atoms with Crippen molar-refractivity contribution < 1.29 is 5.11 Å². The molecule has 2 aromatic rings. The molecule has 2 rings (SSSR count). The first-order valence-corrected chi connectivity index (χ1v) is 4.08. The quantitative estimate of drug-likeness (QED) is 0.627. The zero-order chi connectivity index (χ0) is 10.3. The van der Waals surface area contributed by atoms with Gasteiger partial charge in [-0.05, 0) is 19.1 Å². The molecule has 72 valence electrons.